The SMILES string of the molecule is CCCCCCCCCCCCCCCCCC[N+](C)(C)C(C)(C)c1ccccc1.CCCCCCCCCCCC[N+](CC)(CC)Cc1ccccc1.[Cl-].[Cl-]. The van der Waals surface area contributed by atoms with Crippen LogP contribution in [0.2, 0.25) is 0 Å². The van der Waals surface area contributed by atoms with Crippen molar-refractivity contribution in [3.8, 4) is 0 Å². The fraction of sp³-hybridized carbons (Fsp3) is 0.769. The van der Waals surface area contributed by atoms with Crippen molar-refractivity contribution in [3.05, 3.63) is 71.8 Å². The van der Waals surface area contributed by atoms with E-state index in [0.29, 0.717) is 0 Å². The van der Waals surface area contributed by atoms with E-state index in [1.54, 1.807) is 0 Å². The van der Waals surface area contributed by atoms with Crippen molar-refractivity contribution in [1.82, 2.24) is 0 Å². The summed E-state index contributed by atoms with van der Waals surface area (Å²) in [6, 6.07) is 22.1. The van der Waals surface area contributed by atoms with Crippen molar-refractivity contribution in [2.75, 3.05) is 40.3 Å². The van der Waals surface area contributed by atoms with E-state index >= 15 is 0 Å². The fourth-order valence-corrected chi connectivity index (χ4v) is 8.28. The number of halogens is 2. The van der Waals surface area contributed by atoms with Crippen LogP contribution in [0, 0.1) is 0 Å². The minimum Gasteiger partial charge on any atom is -1.00 e. The molecule has 328 valence electrons. The van der Waals surface area contributed by atoms with Crippen LogP contribution in [0.15, 0.2) is 60.7 Å². The van der Waals surface area contributed by atoms with Crippen LogP contribution in [0.5, 0.6) is 0 Å². The Morgan fingerprint density at radius 2 is 0.696 bits per heavy atom. The standard InChI is InChI=1S/C29H54N.C23H42N.2ClH/c1-6-7-8-9-10-11-12-13-14-15-16-17-18-19-20-24-27-30(4,5)29(2,3)28-25-22-21-23-26-28;1-4-7-8-9-10-11-12-13-14-18-21-24(5-2,6-3)22-23-19-16-15-17-20-23;;/h21-23,25-26H,6-20,24,27H2,1-5H3;15-17,19-20H,4-14,18,21-22H2,1-3H3;2*1H/q2*+1;;/p-2. The predicted molar refractivity (Wildman–Crippen MR) is 244 cm³/mol. The molecule has 2 aromatic carbocycles. The lowest BCUT2D eigenvalue weighted by atomic mass is 9.90. The Labute approximate surface area is 364 Å². The first-order valence-electron chi connectivity index (χ1n) is 24.0. The summed E-state index contributed by atoms with van der Waals surface area (Å²) in [7, 11) is 4.80. The van der Waals surface area contributed by atoms with E-state index in [9.17, 15) is 0 Å². The van der Waals surface area contributed by atoms with Crippen molar-refractivity contribution >= 4 is 0 Å². The van der Waals surface area contributed by atoms with Crippen molar-refractivity contribution < 1.29 is 33.8 Å². The van der Waals surface area contributed by atoms with E-state index in [0.717, 1.165) is 4.48 Å². The fourth-order valence-electron chi connectivity index (χ4n) is 8.28. The van der Waals surface area contributed by atoms with Gasteiger partial charge in [-0.25, -0.2) is 0 Å². The summed E-state index contributed by atoms with van der Waals surface area (Å²) < 4.78 is 2.32. The van der Waals surface area contributed by atoms with Gasteiger partial charge in [0.15, 0.2) is 0 Å². The second-order valence-electron chi connectivity index (χ2n) is 18.2. The maximum Gasteiger partial charge on any atom is 0.119 e. The highest BCUT2D eigenvalue weighted by atomic mass is 35.5. The van der Waals surface area contributed by atoms with Gasteiger partial charge >= 0.3 is 0 Å². The lowest BCUT2D eigenvalue weighted by Crippen LogP contribution is -3.00. The maximum absolute atomic E-state index is 2.40. The zero-order valence-electron chi connectivity index (χ0n) is 38.8. The molecule has 0 unspecified atom stereocenters. The second kappa shape index (κ2) is 37.0. The molecule has 0 saturated heterocycles. The molecule has 0 amide bonds. The number of rotatable bonds is 34. The van der Waals surface area contributed by atoms with Crippen LogP contribution in [0.3, 0.4) is 0 Å². The minimum atomic E-state index is 0. The largest absolute Gasteiger partial charge is 1.00 e. The van der Waals surface area contributed by atoms with Crippen LogP contribution < -0.4 is 24.8 Å². The quantitative estimate of drug-likeness (QED) is 0.0488. The summed E-state index contributed by atoms with van der Waals surface area (Å²) in [6.45, 7) is 20.4. The molecule has 0 atom stereocenters. The van der Waals surface area contributed by atoms with Gasteiger partial charge in [0.2, 0.25) is 0 Å². The summed E-state index contributed by atoms with van der Waals surface area (Å²) in [6.07, 6.45) is 37.3. The van der Waals surface area contributed by atoms with Gasteiger partial charge in [-0.15, -0.1) is 0 Å². The van der Waals surface area contributed by atoms with Crippen LogP contribution in [0.4, 0.5) is 0 Å². The number of unbranched alkanes of at least 4 members (excludes halogenated alkanes) is 24. The Balaban J connectivity index is 0. The van der Waals surface area contributed by atoms with Gasteiger partial charge in [0, 0.05) is 11.1 Å². The van der Waals surface area contributed by atoms with E-state index in [1.807, 2.05) is 0 Å². The molecular formula is C52H96Cl2N2. The van der Waals surface area contributed by atoms with Crippen LogP contribution in [0.1, 0.15) is 220 Å². The third-order valence-electron chi connectivity index (χ3n) is 13.3. The molecule has 2 rings (SSSR count). The highest BCUT2D eigenvalue weighted by Gasteiger charge is 2.37. The molecular weight excluding hydrogens is 723 g/mol. The molecule has 0 aliphatic rings. The van der Waals surface area contributed by atoms with Gasteiger partial charge in [0.25, 0.3) is 0 Å². The van der Waals surface area contributed by atoms with Gasteiger partial charge in [-0.2, -0.15) is 0 Å². The Hall–Kier alpha value is -1.06. The molecule has 0 aromatic heterocycles. The maximum atomic E-state index is 2.40. The molecule has 0 radical (unpaired) electrons. The first-order valence-corrected chi connectivity index (χ1v) is 24.0. The Kier molecular flexibility index (Phi) is 37.7. The van der Waals surface area contributed by atoms with Crippen LogP contribution in [-0.4, -0.2) is 49.2 Å². The Bertz CT molecular complexity index is 1070. The first kappa shape index (κ1) is 57.0. The van der Waals surface area contributed by atoms with Crippen LogP contribution in [0.25, 0.3) is 0 Å². The molecule has 56 heavy (non-hydrogen) atoms. The third kappa shape index (κ3) is 26.8. The zero-order valence-corrected chi connectivity index (χ0v) is 40.4. The van der Waals surface area contributed by atoms with Gasteiger partial charge in [-0.1, -0.05) is 216 Å². The van der Waals surface area contributed by atoms with E-state index in [-0.39, 0.29) is 30.4 Å². The third-order valence-corrected chi connectivity index (χ3v) is 13.3. The lowest BCUT2D eigenvalue weighted by molar-refractivity contribution is -0.945. The average Bonchev–Trinajstić information content (AvgIpc) is 3.19. The zero-order chi connectivity index (χ0) is 39.6. The Morgan fingerprint density at radius 3 is 1.04 bits per heavy atom. The first-order chi connectivity index (χ1) is 26.2. The number of hydrogen-bond acceptors (Lipinski definition) is 0. The summed E-state index contributed by atoms with van der Waals surface area (Å²) in [5.74, 6) is 0. The minimum absolute atomic E-state index is 0. The lowest BCUT2D eigenvalue weighted by Gasteiger charge is -2.45. The molecule has 2 aromatic rings. The predicted octanol–water partition coefficient (Wildman–Crippen LogP) is 10.2. The number of quaternary nitrogens is 2. The van der Waals surface area contributed by atoms with Crippen LogP contribution in [-0.2, 0) is 12.1 Å². The summed E-state index contributed by atoms with van der Waals surface area (Å²) in [5, 5.41) is 0. The highest BCUT2D eigenvalue weighted by Crippen LogP contribution is 2.32. The van der Waals surface area contributed by atoms with Crippen molar-refractivity contribution in [2.24, 2.45) is 0 Å². The van der Waals surface area contributed by atoms with Crippen molar-refractivity contribution in [3.63, 3.8) is 0 Å². The molecule has 0 fully saturated rings. The van der Waals surface area contributed by atoms with Gasteiger partial charge in [0.05, 0.1) is 40.3 Å². The molecule has 2 nitrogen and oxygen atoms in total. The van der Waals surface area contributed by atoms with E-state index in [4.69, 9.17) is 0 Å². The van der Waals surface area contributed by atoms with Gasteiger partial charge < -0.3 is 33.8 Å². The Morgan fingerprint density at radius 1 is 0.393 bits per heavy atom. The van der Waals surface area contributed by atoms with E-state index in [2.05, 4.69) is 116 Å². The highest BCUT2D eigenvalue weighted by molar-refractivity contribution is 5.20. The number of nitrogens with zero attached hydrogens (tertiary/aromatic N) is 2. The second-order valence-corrected chi connectivity index (χ2v) is 18.2. The van der Waals surface area contributed by atoms with Gasteiger partial charge in [-0.3, -0.25) is 0 Å². The van der Waals surface area contributed by atoms with Crippen LogP contribution >= 0.6 is 0 Å². The summed E-state index contributed by atoms with van der Waals surface area (Å²) in [4.78, 5) is 0. The molecule has 0 heterocycles. The van der Waals surface area contributed by atoms with E-state index in [1.165, 1.54) is 215 Å². The molecule has 0 N–H and O–H groups in total. The molecule has 0 bridgehead atoms. The normalized spacial score (nSPS) is 11.7. The number of benzene rings is 2. The van der Waals surface area contributed by atoms with Gasteiger partial charge in [-0.05, 0) is 53.4 Å². The number of hydrogen-bond donors (Lipinski definition) is 0. The molecule has 0 saturated carbocycles. The van der Waals surface area contributed by atoms with Crippen molar-refractivity contribution in [1.29, 1.82) is 0 Å². The summed E-state index contributed by atoms with van der Waals surface area (Å²) in [5.41, 5.74) is 3.11. The topological polar surface area (TPSA) is 0 Å². The molecule has 0 spiro atoms. The van der Waals surface area contributed by atoms with Crippen molar-refractivity contribution in [2.45, 2.75) is 221 Å². The molecule has 0 aliphatic heterocycles. The van der Waals surface area contributed by atoms with E-state index < -0.39 is 0 Å². The summed E-state index contributed by atoms with van der Waals surface area (Å²) >= 11 is 0. The molecule has 4 heteroatoms. The average molecular weight is 820 g/mol. The van der Waals surface area contributed by atoms with Gasteiger partial charge in [0.1, 0.15) is 12.1 Å². The monoisotopic (exact) mass is 819 g/mol. The smallest absolute Gasteiger partial charge is 0.119 e. The molecule has 0 aliphatic carbocycles.